The van der Waals surface area contributed by atoms with E-state index in [1.54, 1.807) is 11.9 Å². The van der Waals surface area contributed by atoms with Crippen LogP contribution in [0.5, 0.6) is 0 Å². The minimum Gasteiger partial charge on any atom is -0.479 e. The quantitative estimate of drug-likeness (QED) is 0.783. The van der Waals surface area contributed by atoms with Crippen molar-refractivity contribution in [3.63, 3.8) is 0 Å². The molecule has 0 aromatic carbocycles. The summed E-state index contributed by atoms with van der Waals surface area (Å²) in [5, 5.41) is 11.6. The Morgan fingerprint density at radius 3 is 2.55 bits per heavy atom. The summed E-state index contributed by atoms with van der Waals surface area (Å²) in [4.78, 5) is 24.5. The zero-order chi connectivity index (χ0) is 14.5. The van der Waals surface area contributed by atoms with Crippen molar-refractivity contribution in [3.05, 3.63) is 0 Å². The van der Waals surface area contributed by atoms with Gasteiger partial charge in [-0.1, -0.05) is 0 Å². The van der Waals surface area contributed by atoms with E-state index in [1.807, 2.05) is 0 Å². The largest absolute Gasteiger partial charge is 0.479 e. The van der Waals surface area contributed by atoms with Crippen molar-refractivity contribution in [2.24, 2.45) is 0 Å². The molecular formula is C13H22N2O5. The first-order chi connectivity index (χ1) is 9.58. The molecule has 0 radical (unpaired) electrons. The van der Waals surface area contributed by atoms with Gasteiger partial charge in [-0.25, -0.2) is 9.59 Å². The van der Waals surface area contributed by atoms with E-state index < -0.39 is 12.1 Å². The van der Waals surface area contributed by atoms with Crippen molar-refractivity contribution >= 4 is 12.0 Å². The van der Waals surface area contributed by atoms with Gasteiger partial charge in [0, 0.05) is 32.8 Å². The number of aliphatic carboxylic acids is 1. The number of rotatable bonds is 4. The molecule has 2 aliphatic rings. The summed E-state index contributed by atoms with van der Waals surface area (Å²) in [5.74, 6) is -0.932. The van der Waals surface area contributed by atoms with Crippen molar-refractivity contribution in [2.75, 3.05) is 26.8 Å². The lowest BCUT2D eigenvalue weighted by atomic mass is 10.1. The molecule has 0 aromatic heterocycles. The molecule has 2 heterocycles. The second-order valence-electron chi connectivity index (χ2n) is 5.30. The number of nitrogens with one attached hydrogen (secondary N) is 1. The highest BCUT2D eigenvalue weighted by molar-refractivity contribution is 5.74. The number of ether oxygens (including phenoxy) is 2. The fraction of sp³-hybridized carbons (Fsp3) is 0.846. The van der Waals surface area contributed by atoms with Gasteiger partial charge in [-0.2, -0.15) is 0 Å². The molecule has 2 unspecified atom stereocenters. The van der Waals surface area contributed by atoms with Gasteiger partial charge in [0.15, 0.2) is 6.10 Å². The van der Waals surface area contributed by atoms with Crippen molar-refractivity contribution in [3.8, 4) is 0 Å². The summed E-state index contributed by atoms with van der Waals surface area (Å²) in [6.07, 6.45) is 1.94. The summed E-state index contributed by atoms with van der Waals surface area (Å²) < 4.78 is 10.6. The van der Waals surface area contributed by atoms with Crippen LogP contribution in [0.4, 0.5) is 4.79 Å². The van der Waals surface area contributed by atoms with Gasteiger partial charge < -0.3 is 24.8 Å². The van der Waals surface area contributed by atoms with Gasteiger partial charge in [-0.05, 0) is 25.7 Å². The molecule has 0 bridgehead atoms. The molecule has 2 rings (SSSR count). The van der Waals surface area contributed by atoms with E-state index in [-0.39, 0.29) is 18.2 Å². The number of hydrogen-bond acceptors (Lipinski definition) is 4. The molecule has 7 nitrogen and oxygen atoms in total. The van der Waals surface area contributed by atoms with Crippen LogP contribution >= 0.6 is 0 Å². The Morgan fingerprint density at radius 1 is 1.25 bits per heavy atom. The van der Waals surface area contributed by atoms with Gasteiger partial charge in [0.25, 0.3) is 0 Å². The Labute approximate surface area is 118 Å². The fourth-order valence-corrected chi connectivity index (χ4v) is 2.60. The molecule has 20 heavy (non-hydrogen) atoms. The molecule has 2 N–H and O–H groups in total. The van der Waals surface area contributed by atoms with Gasteiger partial charge in [0.2, 0.25) is 0 Å². The van der Waals surface area contributed by atoms with Crippen LogP contribution in [0.3, 0.4) is 0 Å². The standard InChI is InChI=1S/C13H22N2O5/c1-15(9-4-6-19-7-5-9)13(18)14-8-10-2-3-11(20-10)12(16)17/h9-11H,2-8H2,1H3,(H,14,18)(H,16,17). The van der Waals surface area contributed by atoms with E-state index in [0.717, 1.165) is 12.8 Å². The molecule has 114 valence electrons. The average molecular weight is 286 g/mol. The maximum absolute atomic E-state index is 12.0. The molecule has 2 aliphatic heterocycles. The van der Waals surface area contributed by atoms with Crippen LogP contribution in [-0.4, -0.2) is 67.1 Å². The summed E-state index contributed by atoms with van der Waals surface area (Å²) in [6.45, 7) is 1.73. The van der Waals surface area contributed by atoms with Crippen molar-refractivity contribution in [2.45, 2.75) is 43.9 Å². The van der Waals surface area contributed by atoms with Crippen LogP contribution in [0.1, 0.15) is 25.7 Å². The first-order valence-corrected chi connectivity index (χ1v) is 7.04. The fourth-order valence-electron chi connectivity index (χ4n) is 2.60. The third kappa shape index (κ3) is 3.83. The second kappa shape index (κ2) is 6.90. The summed E-state index contributed by atoms with van der Waals surface area (Å²) >= 11 is 0. The molecule has 0 aliphatic carbocycles. The van der Waals surface area contributed by atoms with Gasteiger partial charge >= 0.3 is 12.0 Å². The maximum atomic E-state index is 12.0. The zero-order valence-corrected chi connectivity index (χ0v) is 11.7. The molecule has 2 amide bonds. The lowest BCUT2D eigenvalue weighted by molar-refractivity contribution is -0.149. The zero-order valence-electron chi connectivity index (χ0n) is 11.7. The monoisotopic (exact) mass is 286 g/mol. The third-order valence-electron chi connectivity index (χ3n) is 3.92. The first kappa shape index (κ1) is 15.1. The lowest BCUT2D eigenvalue weighted by Crippen LogP contribution is -2.47. The van der Waals surface area contributed by atoms with E-state index in [9.17, 15) is 9.59 Å². The Morgan fingerprint density at radius 2 is 1.95 bits per heavy atom. The van der Waals surface area contributed by atoms with Crippen LogP contribution in [0.25, 0.3) is 0 Å². The topological polar surface area (TPSA) is 88.1 Å². The number of carbonyl (C=O) groups excluding carboxylic acids is 1. The third-order valence-corrected chi connectivity index (χ3v) is 3.92. The van der Waals surface area contributed by atoms with Gasteiger partial charge in [0.05, 0.1) is 6.10 Å². The molecule has 0 aromatic rings. The van der Waals surface area contributed by atoms with Gasteiger partial charge in [0.1, 0.15) is 0 Å². The number of carboxylic acids is 1. The summed E-state index contributed by atoms with van der Waals surface area (Å²) in [5.41, 5.74) is 0. The summed E-state index contributed by atoms with van der Waals surface area (Å²) in [7, 11) is 1.78. The highest BCUT2D eigenvalue weighted by atomic mass is 16.5. The number of nitrogens with zero attached hydrogens (tertiary/aromatic N) is 1. The number of amides is 2. The molecule has 0 spiro atoms. The molecule has 7 heteroatoms. The molecular weight excluding hydrogens is 264 g/mol. The van der Waals surface area contributed by atoms with Crippen molar-refractivity contribution in [1.29, 1.82) is 0 Å². The lowest BCUT2D eigenvalue weighted by Gasteiger charge is -2.31. The van der Waals surface area contributed by atoms with Crippen LogP contribution < -0.4 is 5.32 Å². The number of carbonyl (C=O) groups is 2. The van der Waals surface area contributed by atoms with Crippen LogP contribution in [-0.2, 0) is 14.3 Å². The van der Waals surface area contributed by atoms with Crippen molar-refractivity contribution < 1.29 is 24.2 Å². The highest BCUT2D eigenvalue weighted by Gasteiger charge is 2.31. The number of urea groups is 1. The van der Waals surface area contributed by atoms with Crippen LogP contribution in [0, 0.1) is 0 Å². The molecule has 2 atom stereocenters. The summed E-state index contributed by atoms with van der Waals surface area (Å²) in [6, 6.07) is 0.0688. The smallest absolute Gasteiger partial charge is 0.332 e. The average Bonchev–Trinajstić information content (AvgIpc) is 2.94. The van der Waals surface area contributed by atoms with E-state index in [0.29, 0.717) is 32.6 Å². The number of hydrogen-bond donors (Lipinski definition) is 2. The van der Waals surface area contributed by atoms with Crippen LogP contribution in [0.15, 0.2) is 0 Å². The van der Waals surface area contributed by atoms with E-state index in [4.69, 9.17) is 14.6 Å². The van der Waals surface area contributed by atoms with E-state index >= 15 is 0 Å². The molecule has 2 saturated heterocycles. The Kier molecular flexibility index (Phi) is 5.19. The maximum Gasteiger partial charge on any atom is 0.332 e. The van der Waals surface area contributed by atoms with E-state index in [1.165, 1.54) is 0 Å². The SMILES string of the molecule is CN(C(=O)NCC1CCC(C(=O)O)O1)C1CCOCC1. The predicted molar refractivity (Wildman–Crippen MR) is 70.5 cm³/mol. The van der Waals surface area contributed by atoms with Crippen molar-refractivity contribution in [1.82, 2.24) is 10.2 Å². The van der Waals surface area contributed by atoms with Gasteiger partial charge in [-0.3, -0.25) is 0 Å². The van der Waals surface area contributed by atoms with Crippen LogP contribution in [0.2, 0.25) is 0 Å². The van der Waals surface area contributed by atoms with Gasteiger partial charge in [-0.15, -0.1) is 0 Å². The molecule has 0 saturated carbocycles. The Hall–Kier alpha value is -1.34. The minimum atomic E-state index is -0.932. The first-order valence-electron chi connectivity index (χ1n) is 7.04. The predicted octanol–water partition coefficient (Wildman–Crippen LogP) is 0.439. The number of carboxylic acid groups (broad SMARTS) is 1. The van der Waals surface area contributed by atoms with E-state index in [2.05, 4.69) is 5.32 Å². The highest BCUT2D eigenvalue weighted by Crippen LogP contribution is 2.19. The second-order valence-corrected chi connectivity index (χ2v) is 5.30. The molecule has 2 fully saturated rings. The normalized spacial score (nSPS) is 27.2. The minimum absolute atomic E-state index is 0.140. The Balaban J connectivity index is 1.70. The Bertz CT molecular complexity index is 357.